The minimum absolute atomic E-state index is 0.133. The van der Waals surface area contributed by atoms with Crippen molar-refractivity contribution in [3.63, 3.8) is 0 Å². The summed E-state index contributed by atoms with van der Waals surface area (Å²) in [6.45, 7) is 0.622. The molecule has 0 spiro atoms. The zero-order chi connectivity index (χ0) is 19.8. The van der Waals surface area contributed by atoms with E-state index in [1.54, 1.807) is 18.5 Å². The average Bonchev–Trinajstić information content (AvgIpc) is 2.75. The third-order valence-corrected chi connectivity index (χ3v) is 5.26. The van der Waals surface area contributed by atoms with Gasteiger partial charge in [0, 0.05) is 11.6 Å². The van der Waals surface area contributed by atoms with E-state index < -0.39 is 0 Å². The Morgan fingerprint density at radius 1 is 0.966 bits per heavy atom. The van der Waals surface area contributed by atoms with Crippen molar-refractivity contribution in [3.8, 4) is 17.4 Å². The van der Waals surface area contributed by atoms with E-state index >= 15 is 0 Å². The lowest BCUT2D eigenvalue weighted by Gasteiger charge is -2.27. The number of ether oxygens (including phenoxy) is 1. The summed E-state index contributed by atoms with van der Waals surface area (Å²) in [7, 11) is 0. The van der Waals surface area contributed by atoms with Crippen molar-refractivity contribution in [3.05, 3.63) is 107 Å². The molecule has 0 unspecified atom stereocenters. The Morgan fingerprint density at radius 3 is 2.45 bits per heavy atom. The summed E-state index contributed by atoms with van der Waals surface area (Å²) in [4.78, 5) is 4.56. The minimum Gasteiger partial charge on any atom is -0.508 e. The van der Waals surface area contributed by atoms with Gasteiger partial charge < -0.3 is 15.6 Å². The third kappa shape index (κ3) is 3.06. The lowest BCUT2D eigenvalue weighted by Crippen LogP contribution is -2.40. The van der Waals surface area contributed by atoms with Gasteiger partial charge in [-0.05, 0) is 17.2 Å². The number of hydrogen-bond acceptors (Lipinski definition) is 4. The molecule has 5 nitrogen and oxygen atoms in total. The predicted octanol–water partition coefficient (Wildman–Crippen LogP) is 3.99. The molecule has 1 aromatic heterocycles. The van der Waals surface area contributed by atoms with Gasteiger partial charge in [-0.2, -0.15) is 0 Å². The Kier molecular flexibility index (Phi) is 4.13. The molecule has 3 aromatic carbocycles. The van der Waals surface area contributed by atoms with Crippen LogP contribution in [0, 0.1) is 0 Å². The van der Waals surface area contributed by atoms with Crippen molar-refractivity contribution >= 4 is 5.82 Å². The molecule has 0 fully saturated rings. The summed E-state index contributed by atoms with van der Waals surface area (Å²) in [6.07, 6.45) is 1.71. The van der Waals surface area contributed by atoms with Crippen molar-refractivity contribution in [2.45, 2.75) is 12.5 Å². The molecule has 0 saturated heterocycles. The topological polar surface area (TPSA) is 72.2 Å². The number of aromatic nitrogens is 2. The van der Waals surface area contributed by atoms with E-state index in [0.717, 1.165) is 22.3 Å². The first-order valence-electron chi connectivity index (χ1n) is 9.48. The van der Waals surface area contributed by atoms with Gasteiger partial charge in [0.25, 0.3) is 0 Å². The number of fused-ring (bicyclic) bond motifs is 2. The Balaban J connectivity index is 1.68. The maximum atomic E-state index is 9.93. The Morgan fingerprint density at radius 2 is 1.69 bits per heavy atom. The minimum atomic E-state index is -0.133. The van der Waals surface area contributed by atoms with E-state index in [1.165, 1.54) is 0 Å². The number of aromatic hydroxyl groups is 1. The van der Waals surface area contributed by atoms with Crippen molar-refractivity contribution < 1.29 is 14.4 Å². The number of phenolic OH excluding ortho intramolecular Hbond substituents is 1. The van der Waals surface area contributed by atoms with E-state index in [4.69, 9.17) is 10.5 Å². The van der Waals surface area contributed by atoms with Crippen LogP contribution in [0.4, 0.5) is 5.82 Å². The molecule has 0 amide bonds. The van der Waals surface area contributed by atoms with Gasteiger partial charge >= 0.3 is 5.88 Å². The van der Waals surface area contributed by atoms with Crippen LogP contribution >= 0.6 is 0 Å². The Hall–Kier alpha value is -3.86. The van der Waals surface area contributed by atoms with Crippen LogP contribution in [0.1, 0.15) is 28.2 Å². The van der Waals surface area contributed by atoms with Crippen LogP contribution in [0.15, 0.2) is 85.2 Å². The molecule has 5 rings (SSSR count). The summed E-state index contributed by atoms with van der Waals surface area (Å²) in [5.74, 6) is 1.71. The summed E-state index contributed by atoms with van der Waals surface area (Å²) in [5, 5.41) is 9.93. The first-order valence-corrected chi connectivity index (χ1v) is 9.48. The van der Waals surface area contributed by atoms with Crippen LogP contribution in [-0.4, -0.2) is 10.1 Å². The summed E-state index contributed by atoms with van der Waals surface area (Å²) in [6, 6.07) is 25.5. The number of rotatable bonds is 3. The van der Waals surface area contributed by atoms with Crippen molar-refractivity contribution in [2.75, 3.05) is 5.73 Å². The zero-order valence-electron chi connectivity index (χ0n) is 15.7. The van der Waals surface area contributed by atoms with Gasteiger partial charge in [-0.25, -0.2) is 4.57 Å². The molecule has 2 heterocycles. The second-order valence-electron chi connectivity index (χ2n) is 7.13. The van der Waals surface area contributed by atoms with Gasteiger partial charge in [0.05, 0.1) is 12.5 Å². The molecule has 142 valence electrons. The lowest BCUT2D eigenvalue weighted by atomic mass is 9.83. The van der Waals surface area contributed by atoms with E-state index in [1.807, 2.05) is 47.0 Å². The molecule has 0 aliphatic carbocycles. The third-order valence-electron chi connectivity index (χ3n) is 5.26. The van der Waals surface area contributed by atoms with E-state index in [2.05, 4.69) is 29.2 Å². The summed E-state index contributed by atoms with van der Waals surface area (Å²) in [5.41, 5.74) is 10.7. The highest BCUT2D eigenvalue weighted by Crippen LogP contribution is 2.48. The number of benzene rings is 3. The Bertz CT molecular complexity index is 1180. The molecular formula is C24H20N3O2+. The number of nitrogens with two attached hydrogens (primary N) is 1. The smallest absolute Gasteiger partial charge is 0.306 e. The molecular weight excluding hydrogens is 362 g/mol. The zero-order valence-corrected chi connectivity index (χ0v) is 15.7. The van der Waals surface area contributed by atoms with Gasteiger partial charge in [-0.15, -0.1) is 0 Å². The first kappa shape index (κ1) is 17.3. The van der Waals surface area contributed by atoms with Crippen LogP contribution in [0.5, 0.6) is 17.4 Å². The number of nitrogens with zero attached hydrogens (tertiary/aromatic N) is 2. The van der Waals surface area contributed by atoms with Crippen LogP contribution in [0.25, 0.3) is 0 Å². The van der Waals surface area contributed by atoms with E-state index in [9.17, 15) is 5.11 Å². The van der Waals surface area contributed by atoms with Crippen LogP contribution in [-0.2, 0) is 6.54 Å². The average molecular weight is 382 g/mol. The normalized spacial score (nSPS) is 14.6. The monoisotopic (exact) mass is 382 g/mol. The second kappa shape index (κ2) is 6.95. The number of hydrogen-bond donors (Lipinski definition) is 2. The second-order valence-corrected chi connectivity index (χ2v) is 7.13. The van der Waals surface area contributed by atoms with Gasteiger partial charge in [0.1, 0.15) is 17.1 Å². The van der Waals surface area contributed by atoms with Crippen molar-refractivity contribution in [1.29, 1.82) is 0 Å². The van der Waals surface area contributed by atoms with Crippen LogP contribution in [0.2, 0.25) is 0 Å². The molecule has 0 radical (unpaired) electrons. The van der Waals surface area contributed by atoms with Crippen molar-refractivity contribution in [2.24, 2.45) is 0 Å². The fourth-order valence-corrected chi connectivity index (χ4v) is 3.88. The predicted molar refractivity (Wildman–Crippen MR) is 110 cm³/mol. The van der Waals surface area contributed by atoms with E-state index in [-0.39, 0.29) is 11.7 Å². The van der Waals surface area contributed by atoms with Gasteiger partial charge in [-0.1, -0.05) is 71.7 Å². The molecule has 1 atom stereocenters. The molecule has 3 N–H and O–H groups in total. The highest BCUT2D eigenvalue weighted by molar-refractivity contribution is 5.62. The molecule has 1 aliphatic heterocycles. The number of anilines is 1. The fourth-order valence-electron chi connectivity index (χ4n) is 3.88. The highest BCUT2D eigenvalue weighted by atomic mass is 16.5. The maximum Gasteiger partial charge on any atom is 0.306 e. The molecule has 1 aliphatic rings. The Labute approximate surface area is 168 Å². The molecule has 5 heteroatoms. The molecule has 0 bridgehead atoms. The SMILES string of the molecule is Nc1c2c(nc[n+]1Cc1ccccc1)Oc1cc(O)ccc1[C@H]2c1ccccc1. The first-order chi connectivity index (χ1) is 14.2. The summed E-state index contributed by atoms with van der Waals surface area (Å²) >= 11 is 0. The lowest BCUT2D eigenvalue weighted by molar-refractivity contribution is -0.677. The highest BCUT2D eigenvalue weighted by Gasteiger charge is 2.36. The standard InChI is InChI=1S/C24H19N3O2/c25-23-22-21(17-9-5-2-6-10-17)19-12-11-18(28)13-20(19)29-24(22)26-15-27(23)14-16-7-3-1-4-8-16/h1-13,15,21,25,28H,14H2/p+1/t21-/m1/s1. The quantitative estimate of drug-likeness (QED) is 0.463. The van der Waals surface area contributed by atoms with Crippen LogP contribution < -0.4 is 15.0 Å². The summed E-state index contributed by atoms with van der Waals surface area (Å²) < 4.78 is 7.97. The van der Waals surface area contributed by atoms with Gasteiger partial charge in [0.2, 0.25) is 12.1 Å². The molecule has 4 aromatic rings. The van der Waals surface area contributed by atoms with Gasteiger partial charge in [0.15, 0.2) is 0 Å². The molecule has 29 heavy (non-hydrogen) atoms. The maximum absolute atomic E-state index is 9.93. The number of nitrogen functional groups attached to an aromatic ring is 1. The van der Waals surface area contributed by atoms with Gasteiger partial charge in [-0.3, -0.25) is 0 Å². The largest absolute Gasteiger partial charge is 0.508 e. The van der Waals surface area contributed by atoms with E-state index in [0.29, 0.717) is 24.0 Å². The van der Waals surface area contributed by atoms with Crippen LogP contribution in [0.3, 0.4) is 0 Å². The fraction of sp³-hybridized carbons (Fsp3) is 0.0833. The molecule has 0 saturated carbocycles. The number of phenols is 1. The van der Waals surface area contributed by atoms with Crippen molar-refractivity contribution in [1.82, 2.24) is 4.98 Å².